The lowest BCUT2D eigenvalue weighted by Crippen LogP contribution is -2.36. The number of benzene rings is 1. The summed E-state index contributed by atoms with van der Waals surface area (Å²) in [6.07, 6.45) is 7.14. The maximum atomic E-state index is 6.20. The molecule has 0 radical (unpaired) electrons. The Bertz CT molecular complexity index is 736. The van der Waals surface area contributed by atoms with Crippen molar-refractivity contribution in [3.8, 4) is 0 Å². The number of rotatable bonds is 5. The molecule has 2 N–H and O–H groups in total. The fraction of sp³-hybridized carbons (Fsp3) is 0.429. The Morgan fingerprint density at radius 1 is 1.04 bits per heavy atom. The van der Waals surface area contributed by atoms with E-state index in [1.165, 1.54) is 25.7 Å². The summed E-state index contributed by atoms with van der Waals surface area (Å²) in [5.41, 5.74) is 2.18. The van der Waals surface area contributed by atoms with Gasteiger partial charge in [0.1, 0.15) is 5.82 Å². The van der Waals surface area contributed by atoms with Crippen molar-refractivity contribution in [2.75, 3.05) is 25.0 Å². The minimum Gasteiger partial charge on any atom is -0.357 e. The molecule has 5 nitrogen and oxygen atoms in total. The van der Waals surface area contributed by atoms with Gasteiger partial charge in [0.15, 0.2) is 5.96 Å². The third kappa shape index (κ3) is 5.86. The zero-order chi connectivity index (χ0) is 18.9. The molecule has 2 aromatic rings. The molecular formula is C21H28ClN5. The van der Waals surface area contributed by atoms with Gasteiger partial charge in [0, 0.05) is 44.4 Å². The van der Waals surface area contributed by atoms with Crippen LogP contribution in [0.25, 0.3) is 0 Å². The first-order valence-electron chi connectivity index (χ1n) is 9.64. The summed E-state index contributed by atoms with van der Waals surface area (Å²) >= 11 is 6.20. The van der Waals surface area contributed by atoms with Crippen LogP contribution in [0.4, 0.5) is 5.82 Å². The lowest BCUT2D eigenvalue weighted by atomic mass is 10.2. The van der Waals surface area contributed by atoms with Crippen LogP contribution < -0.4 is 15.5 Å². The summed E-state index contributed by atoms with van der Waals surface area (Å²) < 4.78 is 0. The first-order chi connectivity index (χ1) is 13.3. The number of anilines is 1. The Morgan fingerprint density at radius 2 is 1.78 bits per heavy atom. The standard InChI is InChI=1S/C21H28ClN5/c1-23-21(26-16-18-8-4-5-9-19(18)22)25-15-17-10-11-20(24-14-17)27-12-6-2-3-7-13-27/h4-5,8-11,14H,2-3,6-7,12-13,15-16H2,1H3,(H2,23,25,26). The van der Waals surface area contributed by atoms with Crippen molar-refractivity contribution in [1.29, 1.82) is 0 Å². The highest BCUT2D eigenvalue weighted by atomic mass is 35.5. The number of pyridine rings is 1. The Hall–Kier alpha value is -2.27. The minimum absolute atomic E-state index is 0.630. The lowest BCUT2D eigenvalue weighted by molar-refractivity contribution is 0.726. The van der Waals surface area contributed by atoms with Gasteiger partial charge in [-0.25, -0.2) is 4.98 Å². The van der Waals surface area contributed by atoms with Gasteiger partial charge in [-0.3, -0.25) is 4.99 Å². The molecule has 1 aliphatic heterocycles. The van der Waals surface area contributed by atoms with Gasteiger partial charge < -0.3 is 15.5 Å². The molecule has 0 spiro atoms. The molecule has 27 heavy (non-hydrogen) atoms. The average Bonchev–Trinajstić information content (AvgIpc) is 2.99. The van der Waals surface area contributed by atoms with Crippen molar-refractivity contribution < 1.29 is 0 Å². The zero-order valence-electron chi connectivity index (χ0n) is 15.9. The molecule has 1 saturated heterocycles. The topological polar surface area (TPSA) is 52.6 Å². The second-order valence-electron chi connectivity index (χ2n) is 6.80. The monoisotopic (exact) mass is 385 g/mol. The summed E-state index contributed by atoms with van der Waals surface area (Å²) in [5, 5.41) is 7.38. The first-order valence-corrected chi connectivity index (χ1v) is 10.0. The van der Waals surface area contributed by atoms with Crippen LogP contribution in [0.5, 0.6) is 0 Å². The van der Waals surface area contributed by atoms with Gasteiger partial charge in [-0.05, 0) is 36.1 Å². The first kappa shape index (κ1) is 19.5. The van der Waals surface area contributed by atoms with E-state index in [9.17, 15) is 0 Å². The molecule has 0 unspecified atom stereocenters. The molecule has 6 heteroatoms. The fourth-order valence-corrected chi connectivity index (χ4v) is 3.44. The van der Waals surface area contributed by atoms with Gasteiger partial charge in [0.2, 0.25) is 0 Å². The van der Waals surface area contributed by atoms with Crippen LogP contribution >= 0.6 is 11.6 Å². The normalized spacial score (nSPS) is 15.3. The van der Waals surface area contributed by atoms with Crippen molar-refractivity contribution in [2.24, 2.45) is 4.99 Å². The minimum atomic E-state index is 0.630. The Balaban J connectivity index is 1.50. The van der Waals surface area contributed by atoms with E-state index in [4.69, 9.17) is 11.6 Å². The van der Waals surface area contributed by atoms with Crippen LogP contribution in [0.3, 0.4) is 0 Å². The Labute approximate surface area is 166 Å². The van der Waals surface area contributed by atoms with Crippen molar-refractivity contribution in [2.45, 2.75) is 38.8 Å². The van der Waals surface area contributed by atoms with E-state index in [1.54, 1.807) is 7.05 Å². The highest BCUT2D eigenvalue weighted by Gasteiger charge is 2.10. The van der Waals surface area contributed by atoms with E-state index in [-0.39, 0.29) is 0 Å². The summed E-state index contributed by atoms with van der Waals surface area (Å²) in [7, 11) is 1.77. The summed E-state index contributed by atoms with van der Waals surface area (Å²) in [6.45, 7) is 3.54. The molecule has 2 heterocycles. The highest BCUT2D eigenvalue weighted by Crippen LogP contribution is 2.17. The summed E-state index contributed by atoms with van der Waals surface area (Å²) in [6, 6.07) is 12.1. The molecule has 1 aromatic heterocycles. The maximum absolute atomic E-state index is 6.20. The number of nitrogens with zero attached hydrogens (tertiary/aromatic N) is 3. The highest BCUT2D eigenvalue weighted by molar-refractivity contribution is 6.31. The molecular weight excluding hydrogens is 358 g/mol. The van der Waals surface area contributed by atoms with Crippen LogP contribution in [0.2, 0.25) is 5.02 Å². The molecule has 1 fully saturated rings. The number of nitrogens with one attached hydrogen (secondary N) is 2. The van der Waals surface area contributed by atoms with Crippen LogP contribution in [0.1, 0.15) is 36.8 Å². The largest absolute Gasteiger partial charge is 0.357 e. The molecule has 0 saturated carbocycles. The van der Waals surface area contributed by atoms with E-state index in [1.807, 2.05) is 30.5 Å². The average molecular weight is 386 g/mol. The molecule has 0 amide bonds. The second-order valence-corrected chi connectivity index (χ2v) is 7.20. The van der Waals surface area contributed by atoms with Gasteiger partial charge in [0.05, 0.1) is 0 Å². The van der Waals surface area contributed by atoms with Gasteiger partial charge in [0.25, 0.3) is 0 Å². The SMILES string of the molecule is CN=C(NCc1ccc(N2CCCCCC2)nc1)NCc1ccccc1Cl. The van der Waals surface area contributed by atoms with Crippen LogP contribution in [-0.4, -0.2) is 31.1 Å². The number of hydrogen-bond donors (Lipinski definition) is 2. The zero-order valence-corrected chi connectivity index (χ0v) is 16.7. The molecule has 3 rings (SSSR count). The third-order valence-corrected chi connectivity index (χ3v) is 5.20. The van der Waals surface area contributed by atoms with Crippen molar-refractivity contribution in [3.63, 3.8) is 0 Å². The Morgan fingerprint density at radius 3 is 2.44 bits per heavy atom. The Kier molecular flexibility index (Phi) is 7.34. The third-order valence-electron chi connectivity index (χ3n) is 4.83. The lowest BCUT2D eigenvalue weighted by Gasteiger charge is -2.21. The summed E-state index contributed by atoms with van der Waals surface area (Å²) in [4.78, 5) is 11.3. The van der Waals surface area contributed by atoms with Gasteiger partial charge in [-0.2, -0.15) is 0 Å². The summed E-state index contributed by atoms with van der Waals surface area (Å²) in [5.74, 6) is 1.83. The predicted octanol–water partition coefficient (Wildman–Crippen LogP) is 3.98. The molecule has 0 atom stereocenters. The van der Waals surface area contributed by atoms with Gasteiger partial charge in [-0.15, -0.1) is 0 Å². The molecule has 0 bridgehead atoms. The quantitative estimate of drug-likeness (QED) is 0.603. The number of hydrogen-bond acceptors (Lipinski definition) is 3. The van der Waals surface area contributed by atoms with E-state index >= 15 is 0 Å². The number of aromatic nitrogens is 1. The van der Waals surface area contributed by atoms with E-state index in [2.05, 4.69) is 37.6 Å². The van der Waals surface area contributed by atoms with Gasteiger partial charge >= 0.3 is 0 Å². The van der Waals surface area contributed by atoms with Crippen LogP contribution in [0, 0.1) is 0 Å². The number of guanidine groups is 1. The van der Waals surface area contributed by atoms with E-state index in [0.29, 0.717) is 13.1 Å². The van der Waals surface area contributed by atoms with Crippen LogP contribution in [0.15, 0.2) is 47.6 Å². The predicted molar refractivity (Wildman–Crippen MR) is 113 cm³/mol. The van der Waals surface area contributed by atoms with E-state index in [0.717, 1.165) is 41.0 Å². The molecule has 1 aromatic carbocycles. The maximum Gasteiger partial charge on any atom is 0.191 e. The van der Waals surface area contributed by atoms with Crippen molar-refractivity contribution in [3.05, 3.63) is 58.7 Å². The molecule has 1 aliphatic rings. The number of aliphatic imine (C=N–C) groups is 1. The second kappa shape index (κ2) is 10.2. The fourth-order valence-electron chi connectivity index (χ4n) is 3.24. The smallest absolute Gasteiger partial charge is 0.191 e. The number of halogens is 1. The van der Waals surface area contributed by atoms with Gasteiger partial charge in [-0.1, -0.05) is 48.7 Å². The van der Waals surface area contributed by atoms with Crippen LogP contribution in [-0.2, 0) is 13.1 Å². The molecule has 144 valence electrons. The molecule has 0 aliphatic carbocycles. The van der Waals surface area contributed by atoms with E-state index < -0.39 is 0 Å². The van der Waals surface area contributed by atoms with Crippen molar-refractivity contribution >= 4 is 23.4 Å². The van der Waals surface area contributed by atoms with Crippen molar-refractivity contribution in [1.82, 2.24) is 15.6 Å².